The van der Waals surface area contributed by atoms with Crippen molar-refractivity contribution in [2.24, 2.45) is 7.05 Å². The molecule has 2 rings (SSSR count). The van der Waals surface area contributed by atoms with Gasteiger partial charge in [-0.05, 0) is 0 Å². The van der Waals surface area contributed by atoms with Gasteiger partial charge < -0.3 is 15.5 Å². The van der Waals surface area contributed by atoms with E-state index in [-0.39, 0.29) is 18.7 Å². The lowest BCUT2D eigenvalue weighted by Gasteiger charge is -2.09. The summed E-state index contributed by atoms with van der Waals surface area (Å²) in [4.78, 5) is 15.1. The number of aliphatic hydroxyl groups excluding tert-OH is 1. The predicted octanol–water partition coefficient (Wildman–Crippen LogP) is 0.0707. The predicted molar refractivity (Wildman–Crippen MR) is 61.0 cm³/mol. The highest BCUT2D eigenvalue weighted by atomic mass is 16.4. The SMILES string of the molecule is Cn1ncc2c(NCCO)c(C(=O)O)cnc21. The largest absolute Gasteiger partial charge is 0.478 e. The van der Waals surface area contributed by atoms with Crippen molar-refractivity contribution < 1.29 is 15.0 Å². The van der Waals surface area contributed by atoms with E-state index in [0.717, 1.165) is 0 Å². The molecule has 0 bridgehead atoms. The number of aromatic carboxylic acids is 1. The number of hydrogen-bond acceptors (Lipinski definition) is 5. The lowest BCUT2D eigenvalue weighted by molar-refractivity contribution is 0.0697. The molecule has 7 nitrogen and oxygen atoms in total. The van der Waals surface area contributed by atoms with Crippen molar-refractivity contribution in [1.82, 2.24) is 14.8 Å². The number of aromatic nitrogens is 3. The quantitative estimate of drug-likeness (QED) is 0.694. The van der Waals surface area contributed by atoms with E-state index in [4.69, 9.17) is 10.2 Å². The van der Waals surface area contributed by atoms with Crippen molar-refractivity contribution >= 4 is 22.7 Å². The number of aliphatic hydroxyl groups is 1. The number of nitrogens with one attached hydrogen (secondary N) is 1. The van der Waals surface area contributed by atoms with Crippen LogP contribution in [0.5, 0.6) is 0 Å². The molecule has 0 fully saturated rings. The van der Waals surface area contributed by atoms with Gasteiger partial charge in [-0.2, -0.15) is 5.10 Å². The Kier molecular flexibility index (Phi) is 2.92. The number of hydrogen-bond donors (Lipinski definition) is 3. The molecule has 0 saturated heterocycles. The average molecular weight is 236 g/mol. The number of pyridine rings is 1. The van der Waals surface area contributed by atoms with Gasteiger partial charge >= 0.3 is 5.97 Å². The van der Waals surface area contributed by atoms with Crippen molar-refractivity contribution in [3.8, 4) is 0 Å². The van der Waals surface area contributed by atoms with Crippen molar-refractivity contribution in [3.63, 3.8) is 0 Å². The zero-order chi connectivity index (χ0) is 12.4. The first kappa shape index (κ1) is 11.3. The summed E-state index contributed by atoms with van der Waals surface area (Å²) in [5.74, 6) is -1.07. The van der Waals surface area contributed by atoms with Crippen LogP contribution in [-0.4, -0.2) is 44.1 Å². The fraction of sp³-hybridized carbons (Fsp3) is 0.300. The average Bonchev–Trinajstić information content (AvgIpc) is 2.68. The van der Waals surface area contributed by atoms with E-state index in [1.807, 2.05) is 0 Å². The Morgan fingerprint density at radius 2 is 2.29 bits per heavy atom. The zero-order valence-electron chi connectivity index (χ0n) is 9.21. The highest BCUT2D eigenvalue weighted by molar-refractivity contribution is 6.03. The molecule has 0 atom stereocenters. The second-order valence-electron chi connectivity index (χ2n) is 3.51. The van der Waals surface area contributed by atoms with Gasteiger partial charge in [0.15, 0.2) is 5.65 Å². The fourth-order valence-electron chi connectivity index (χ4n) is 1.63. The Bertz CT molecular complexity index is 564. The van der Waals surface area contributed by atoms with Gasteiger partial charge in [0.25, 0.3) is 0 Å². The Balaban J connectivity index is 2.62. The van der Waals surface area contributed by atoms with Crippen LogP contribution in [-0.2, 0) is 7.05 Å². The molecular formula is C10H12N4O3. The van der Waals surface area contributed by atoms with Crippen LogP contribution in [0.4, 0.5) is 5.69 Å². The molecule has 0 saturated carbocycles. The maximum Gasteiger partial charge on any atom is 0.339 e. The third-order valence-corrected chi connectivity index (χ3v) is 2.41. The van der Waals surface area contributed by atoms with Gasteiger partial charge in [-0.15, -0.1) is 0 Å². The van der Waals surface area contributed by atoms with E-state index in [2.05, 4.69) is 15.4 Å². The van der Waals surface area contributed by atoms with E-state index in [9.17, 15) is 4.79 Å². The molecule has 2 aromatic heterocycles. The standard InChI is InChI=1S/C10H12N4O3/c1-14-9-6(5-13-14)8(11-2-3-15)7(4-12-9)10(16)17/h4-5,15H,2-3H2,1H3,(H,11,12)(H,16,17). The number of aryl methyl sites for hydroxylation is 1. The fourth-order valence-corrected chi connectivity index (χ4v) is 1.63. The van der Waals surface area contributed by atoms with E-state index in [1.54, 1.807) is 17.9 Å². The van der Waals surface area contributed by atoms with Gasteiger partial charge in [-0.1, -0.05) is 0 Å². The monoisotopic (exact) mass is 236 g/mol. The van der Waals surface area contributed by atoms with Crippen LogP contribution in [0.3, 0.4) is 0 Å². The lowest BCUT2D eigenvalue weighted by Crippen LogP contribution is -2.11. The van der Waals surface area contributed by atoms with Crippen molar-refractivity contribution in [2.75, 3.05) is 18.5 Å². The maximum atomic E-state index is 11.1. The molecule has 0 unspecified atom stereocenters. The van der Waals surface area contributed by atoms with Crippen LogP contribution in [0.25, 0.3) is 11.0 Å². The summed E-state index contributed by atoms with van der Waals surface area (Å²) in [5.41, 5.74) is 1.10. The Morgan fingerprint density at radius 1 is 1.53 bits per heavy atom. The molecule has 17 heavy (non-hydrogen) atoms. The van der Waals surface area contributed by atoms with Crippen molar-refractivity contribution in [1.29, 1.82) is 0 Å². The van der Waals surface area contributed by atoms with Crippen LogP contribution in [0.15, 0.2) is 12.4 Å². The summed E-state index contributed by atoms with van der Waals surface area (Å²) in [6.45, 7) is 0.192. The van der Waals surface area contributed by atoms with Gasteiger partial charge in [0, 0.05) is 19.8 Å². The number of rotatable bonds is 4. The van der Waals surface area contributed by atoms with Gasteiger partial charge in [0.05, 0.1) is 23.9 Å². The van der Waals surface area contributed by atoms with E-state index in [1.165, 1.54) is 6.20 Å². The molecule has 90 valence electrons. The molecule has 0 aliphatic carbocycles. The third kappa shape index (κ3) is 1.92. The van der Waals surface area contributed by atoms with Gasteiger partial charge in [0.1, 0.15) is 5.56 Å². The molecular weight excluding hydrogens is 224 g/mol. The Morgan fingerprint density at radius 3 is 2.94 bits per heavy atom. The minimum atomic E-state index is -1.07. The molecule has 3 N–H and O–H groups in total. The summed E-state index contributed by atoms with van der Waals surface area (Å²) in [5, 5.41) is 25.4. The van der Waals surface area contributed by atoms with E-state index < -0.39 is 5.97 Å². The number of fused-ring (bicyclic) bond motifs is 1. The van der Waals surface area contributed by atoms with Crippen molar-refractivity contribution in [2.45, 2.75) is 0 Å². The highest BCUT2D eigenvalue weighted by Gasteiger charge is 2.16. The Labute approximate surface area is 96.7 Å². The van der Waals surface area contributed by atoms with E-state index >= 15 is 0 Å². The highest BCUT2D eigenvalue weighted by Crippen LogP contribution is 2.25. The van der Waals surface area contributed by atoms with E-state index in [0.29, 0.717) is 16.7 Å². The van der Waals surface area contributed by atoms with Crippen LogP contribution >= 0.6 is 0 Å². The summed E-state index contributed by atoms with van der Waals surface area (Å²) in [7, 11) is 1.73. The topological polar surface area (TPSA) is 100 Å². The molecule has 0 aliphatic heterocycles. The van der Waals surface area contributed by atoms with Crippen LogP contribution < -0.4 is 5.32 Å². The molecule has 7 heteroatoms. The molecule has 0 spiro atoms. The molecule has 0 amide bonds. The van der Waals surface area contributed by atoms with Crippen molar-refractivity contribution in [3.05, 3.63) is 18.0 Å². The minimum absolute atomic E-state index is 0.0685. The molecule has 2 aromatic rings. The summed E-state index contributed by atoms with van der Waals surface area (Å²) in [6.07, 6.45) is 2.83. The number of nitrogens with zero attached hydrogens (tertiary/aromatic N) is 3. The van der Waals surface area contributed by atoms with Gasteiger partial charge in [-0.25, -0.2) is 9.78 Å². The van der Waals surface area contributed by atoms with Crippen LogP contribution in [0.2, 0.25) is 0 Å². The van der Waals surface area contributed by atoms with Gasteiger partial charge in [0.2, 0.25) is 0 Å². The Hall–Kier alpha value is -2.15. The number of carboxylic acids is 1. The molecule has 0 aromatic carbocycles. The molecule has 0 radical (unpaired) electrons. The molecule has 2 heterocycles. The minimum Gasteiger partial charge on any atom is -0.478 e. The number of carbonyl (C=O) groups is 1. The maximum absolute atomic E-state index is 11.1. The first-order valence-electron chi connectivity index (χ1n) is 5.04. The summed E-state index contributed by atoms with van der Waals surface area (Å²) in [6, 6.07) is 0. The van der Waals surface area contributed by atoms with Gasteiger partial charge in [-0.3, -0.25) is 4.68 Å². The number of carboxylic acid groups (broad SMARTS) is 1. The zero-order valence-corrected chi connectivity index (χ0v) is 9.21. The normalized spacial score (nSPS) is 10.7. The number of anilines is 1. The second kappa shape index (κ2) is 4.38. The first-order chi connectivity index (χ1) is 8.15. The van der Waals surface area contributed by atoms with Crippen LogP contribution in [0.1, 0.15) is 10.4 Å². The second-order valence-corrected chi connectivity index (χ2v) is 3.51. The summed E-state index contributed by atoms with van der Waals surface area (Å²) >= 11 is 0. The molecule has 0 aliphatic rings. The van der Waals surface area contributed by atoms with Crippen LogP contribution in [0, 0.1) is 0 Å². The first-order valence-corrected chi connectivity index (χ1v) is 5.04. The third-order valence-electron chi connectivity index (χ3n) is 2.41. The summed E-state index contributed by atoms with van der Waals surface area (Å²) < 4.78 is 1.56. The smallest absolute Gasteiger partial charge is 0.339 e. The lowest BCUT2D eigenvalue weighted by atomic mass is 10.2.